The van der Waals surface area contributed by atoms with Gasteiger partial charge in [-0.2, -0.15) is 0 Å². The Labute approximate surface area is 155 Å². The fourth-order valence-electron chi connectivity index (χ4n) is 3.24. The molecular weight excluding hydrogens is 380 g/mol. The van der Waals surface area contributed by atoms with Crippen LogP contribution in [0.15, 0.2) is 47.2 Å². The van der Waals surface area contributed by atoms with E-state index in [1.165, 1.54) is 0 Å². The molecule has 1 aliphatic heterocycles. The first-order chi connectivity index (χ1) is 12.1. The second-order valence-corrected chi connectivity index (χ2v) is 7.25. The average molecular weight is 399 g/mol. The molecule has 4 rings (SSSR count). The predicted molar refractivity (Wildman–Crippen MR) is 103 cm³/mol. The fourth-order valence-corrected chi connectivity index (χ4v) is 3.56. The highest BCUT2D eigenvalue weighted by Gasteiger charge is 2.23. The summed E-state index contributed by atoms with van der Waals surface area (Å²) in [5, 5.41) is 1.01. The molecule has 5 nitrogen and oxygen atoms in total. The van der Waals surface area contributed by atoms with Gasteiger partial charge in [0.2, 0.25) is 0 Å². The lowest BCUT2D eigenvalue weighted by Crippen LogP contribution is -2.45. The lowest BCUT2D eigenvalue weighted by molar-refractivity contribution is -0.00545. The van der Waals surface area contributed by atoms with Crippen LogP contribution < -0.4 is 4.90 Å². The van der Waals surface area contributed by atoms with E-state index in [2.05, 4.69) is 45.7 Å². The number of halogens is 1. The molecule has 0 N–H and O–H groups in total. The van der Waals surface area contributed by atoms with Gasteiger partial charge in [-0.3, -0.25) is 0 Å². The number of anilines is 1. The van der Waals surface area contributed by atoms with Crippen molar-refractivity contribution in [1.29, 1.82) is 0 Å². The number of pyridine rings is 3. The average Bonchev–Trinajstić information content (AvgIpc) is 2.60. The van der Waals surface area contributed by atoms with Crippen molar-refractivity contribution in [3.05, 3.63) is 47.2 Å². The number of aromatic nitrogens is 3. The number of rotatable bonds is 2. The van der Waals surface area contributed by atoms with Crippen LogP contribution in [0, 0.1) is 0 Å². The van der Waals surface area contributed by atoms with Gasteiger partial charge in [0, 0.05) is 24.7 Å². The number of ether oxygens (including phenoxy) is 1. The summed E-state index contributed by atoms with van der Waals surface area (Å²) in [6.45, 7) is 5.90. The Morgan fingerprint density at radius 3 is 2.60 bits per heavy atom. The zero-order valence-electron chi connectivity index (χ0n) is 14.2. The number of hydrogen-bond donors (Lipinski definition) is 0. The van der Waals surface area contributed by atoms with Gasteiger partial charge >= 0.3 is 0 Å². The molecule has 128 valence electrons. The van der Waals surface area contributed by atoms with Crippen molar-refractivity contribution < 1.29 is 4.74 Å². The quantitative estimate of drug-likeness (QED) is 0.609. The highest BCUT2D eigenvalue weighted by molar-refractivity contribution is 9.10. The number of nitrogens with zero attached hydrogens (tertiary/aromatic N) is 4. The van der Waals surface area contributed by atoms with E-state index in [9.17, 15) is 0 Å². The first-order valence-corrected chi connectivity index (χ1v) is 9.18. The third-order valence-electron chi connectivity index (χ3n) is 4.28. The third kappa shape index (κ3) is 3.50. The molecule has 25 heavy (non-hydrogen) atoms. The summed E-state index contributed by atoms with van der Waals surface area (Å²) >= 11 is 3.40. The van der Waals surface area contributed by atoms with Crippen molar-refractivity contribution in [2.45, 2.75) is 26.1 Å². The molecule has 6 heteroatoms. The Balaban J connectivity index is 1.69. The van der Waals surface area contributed by atoms with Crippen molar-refractivity contribution in [3.63, 3.8) is 0 Å². The maximum Gasteiger partial charge on any atom is 0.129 e. The van der Waals surface area contributed by atoms with E-state index in [0.29, 0.717) is 0 Å². The molecule has 0 spiro atoms. The number of hydrogen-bond acceptors (Lipinski definition) is 5. The zero-order valence-corrected chi connectivity index (χ0v) is 15.8. The van der Waals surface area contributed by atoms with E-state index < -0.39 is 0 Å². The number of morpholine rings is 1. The summed E-state index contributed by atoms with van der Waals surface area (Å²) in [7, 11) is 0. The molecule has 0 radical (unpaired) electrons. The first-order valence-electron chi connectivity index (χ1n) is 8.38. The van der Waals surface area contributed by atoms with Gasteiger partial charge in [-0.15, -0.1) is 0 Å². The van der Waals surface area contributed by atoms with Crippen LogP contribution in [0.2, 0.25) is 0 Å². The minimum absolute atomic E-state index is 0.206. The maximum atomic E-state index is 5.82. The Hall–Kier alpha value is -2.05. The molecule has 4 heterocycles. The SMILES string of the molecule is C[C@@H]1CN(c2cccc(-c3ccc4cnc(Br)cc4n3)n2)C[C@H](C)O1. The molecule has 1 saturated heterocycles. The van der Waals surface area contributed by atoms with E-state index in [4.69, 9.17) is 14.7 Å². The molecule has 0 saturated carbocycles. The highest BCUT2D eigenvalue weighted by atomic mass is 79.9. The Bertz CT molecular complexity index is 907. The van der Waals surface area contributed by atoms with Crippen molar-refractivity contribution >= 4 is 32.7 Å². The van der Waals surface area contributed by atoms with Gasteiger partial charge in [-0.25, -0.2) is 15.0 Å². The molecule has 0 unspecified atom stereocenters. The van der Waals surface area contributed by atoms with Crippen LogP contribution in [0.4, 0.5) is 5.82 Å². The van der Waals surface area contributed by atoms with Crippen molar-refractivity contribution in [3.8, 4) is 11.4 Å². The van der Waals surface area contributed by atoms with E-state index >= 15 is 0 Å². The Morgan fingerprint density at radius 2 is 1.80 bits per heavy atom. The van der Waals surface area contributed by atoms with E-state index in [1.807, 2.05) is 36.5 Å². The van der Waals surface area contributed by atoms with Crippen LogP contribution in [-0.4, -0.2) is 40.2 Å². The minimum Gasteiger partial charge on any atom is -0.372 e. The summed E-state index contributed by atoms with van der Waals surface area (Å²) in [6.07, 6.45) is 2.23. The van der Waals surface area contributed by atoms with Crippen molar-refractivity contribution in [1.82, 2.24) is 15.0 Å². The molecule has 0 amide bonds. The molecule has 3 aromatic rings. The Morgan fingerprint density at radius 1 is 1.04 bits per heavy atom. The van der Waals surface area contributed by atoms with E-state index in [1.54, 1.807) is 0 Å². The van der Waals surface area contributed by atoms with Crippen LogP contribution in [0.1, 0.15) is 13.8 Å². The topological polar surface area (TPSA) is 51.1 Å². The van der Waals surface area contributed by atoms with Crippen molar-refractivity contribution in [2.24, 2.45) is 0 Å². The minimum atomic E-state index is 0.206. The lowest BCUT2D eigenvalue weighted by Gasteiger charge is -2.36. The first kappa shape index (κ1) is 16.4. The van der Waals surface area contributed by atoms with Crippen LogP contribution in [-0.2, 0) is 4.74 Å². The molecule has 1 aliphatic rings. The van der Waals surface area contributed by atoms with Crippen LogP contribution >= 0.6 is 15.9 Å². The standard InChI is InChI=1S/C19H19BrN4O/c1-12-10-24(11-13(2)25-12)19-5-3-4-15(23-19)16-7-6-14-9-21-18(20)8-17(14)22-16/h3-9,12-13H,10-11H2,1-2H3/t12-,13+. The molecular formula is C19H19BrN4O. The third-order valence-corrected chi connectivity index (χ3v) is 4.71. The van der Waals surface area contributed by atoms with Crippen LogP contribution in [0.25, 0.3) is 22.3 Å². The molecule has 0 aromatic carbocycles. The highest BCUT2D eigenvalue weighted by Crippen LogP contribution is 2.24. The van der Waals surface area contributed by atoms with E-state index in [-0.39, 0.29) is 12.2 Å². The molecule has 0 aliphatic carbocycles. The summed E-state index contributed by atoms with van der Waals surface area (Å²) in [4.78, 5) is 16.1. The molecule has 1 fully saturated rings. The van der Waals surface area contributed by atoms with Gasteiger partial charge in [-0.1, -0.05) is 6.07 Å². The monoisotopic (exact) mass is 398 g/mol. The molecule has 2 atom stereocenters. The summed E-state index contributed by atoms with van der Waals surface area (Å²) in [5.74, 6) is 0.970. The lowest BCUT2D eigenvalue weighted by atomic mass is 10.2. The van der Waals surface area contributed by atoms with Gasteiger partial charge in [-0.05, 0) is 60.1 Å². The van der Waals surface area contributed by atoms with Gasteiger partial charge < -0.3 is 9.64 Å². The second-order valence-electron chi connectivity index (χ2n) is 6.44. The fraction of sp³-hybridized carbons (Fsp3) is 0.316. The van der Waals surface area contributed by atoms with Gasteiger partial charge in [0.25, 0.3) is 0 Å². The normalized spacial score (nSPS) is 20.8. The Kier molecular flexibility index (Phi) is 4.39. The summed E-state index contributed by atoms with van der Waals surface area (Å²) < 4.78 is 6.60. The predicted octanol–water partition coefficient (Wildman–Crippen LogP) is 4.07. The maximum absolute atomic E-state index is 5.82. The zero-order chi connectivity index (χ0) is 17.4. The van der Waals surface area contributed by atoms with Crippen molar-refractivity contribution in [2.75, 3.05) is 18.0 Å². The van der Waals surface area contributed by atoms with Crippen LogP contribution in [0.3, 0.4) is 0 Å². The van der Waals surface area contributed by atoms with E-state index in [0.717, 1.165) is 45.8 Å². The second kappa shape index (κ2) is 6.69. The van der Waals surface area contributed by atoms with Gasteiger partial charge in [0.1, 0.15) is 10.4 Å². The number of fused-ring (bicyclic) bond motifs is 1. The van der Waals surface area contributed by atoms with Crippen LogP contribution in [0.5, 0.6) is 0 Å². The summed E-state index contributed by atoms with van der Waals surface area (Å²) in [5.41, 5.74) is 2.64. The smallest absolute Gasteiger partial charge is 0.129 e. The van der Waals surface area contributed by atoms with Gasteiger partial charge in [0.05, 0.1) is 29.1 Å². The largest absolute Gasteiger partial charge is 0.372 e. The van der Waals surface area contributed by atoms with Gasteiger partial charge in [0.15, 0.2) is 0 Å². The molecule has 3 aromatic heterocycles. The molecule has 0 bridgehead atoms. The summed E-state index contributed by atoms with van der Waals surface area (Å²) in [6, 6.07) is 12.0.